The summed E-state index contributed by atoms with van der Waals surface area (Å²) in [6, 6.07) is 5.39. The molecule has 0 fully saturated rings. The molecule has 4 nitrogen and oxygen atoms in total. The zero-order valence-corrected chi connectivity index (χ0v) is 12.3. The van der Waals surface area contributed by atoms with Gasteiger partial charge in [0.2, 0.25) is 0 Å². The fraction of sp³-hybridized carbons (Fsp3) is 0.333. The van der Waals surface area contributed by atoms with Crippen LogP contribution in [0, 0.1) is 0 Å². The molecule has 0 saturated carbocycles. The van der Waals surface area contributed by atoms with Crippen molar-refractivity contribution in [2.24, 2.45) is 4.99 Å². The van der Waals surface area contributed by atoms with Gasteiger partial charge >= 0.3 is 0 Å². The second kappa shape index (κ2) is 6.24. The van der Waals surface area contributed by atoms with Gasteiger partial charge in [-0.2, -0.15) is 0 Å². The summed E-state index contributed by atoms with van der Waals surface area (Å²) in [5.41, 5.74) is 0.515. The van der Waals surface area contributed by atoms with E-state index in [4.69, 9.17) is 4.74 Å². The van der Waals surface area contributed by atoms with Crippen LogP contribution < -0.4 is 10.1 Å². The first-order chi connectivity index (χ1) is 8.70. The molecule has 0 atom stereocenters. The molecule has 1 aliphatic rings. The Hall–Kier alpha value is -1.01. The van der Waals surface area contributed by atoms with E-state index in [1.807, 2.05) is 13.0 Å². The number of nitrogens with one attached hydrogen (secondary N) is 1. The van der Waals surface area contributed by atoms with E-state index in [0.29, 0.717) is 23.1 Å². The van der Waals surface area contributed by atoms with Crippen molar-refractivity contribution in [1.82, 2.24) is 5.32 Å². The zero-order chi connectivity index (χ0) is 13.0. The molecule has 0 saturated heterocycles. The Morgan fingerprint density at radius 2 is 2.44 bits per heavy atom. The Morgan fingerprint density at radius 1 is 1.61 bits per heavy atom. The van der Waals surface area contributed by atoms with E-state index >= 15 is 0 Å². The van der Waals surface area contributed by atoms with Crippen LogP contribution in [0.15, 0.2) is 27.7 Å². The van der Waals surface area contributed by atoms with Gasteiger partial charge in [-0.1, -0.05) is 27.7 Å². The van der Waals surface area contributed by atoms with Crippen LogP contribution in [0.1, 0.15) is 17.3 Å². The summed E-state index contributed by atoms with van der Waals surface area (Å²) >= 11 is 4.91. The average molecular weight is 329 g/mol. The summed E-state index contributed by atoms with van der Waals surface area (Å²) in [7, 11) is 0. The lowest BCUT2D eigenvalue weighted by molar-refractivity contribution is 0.0974. The van der Waals surface area contributed by atoms with Gasteiger partial charge in [0.15, 0.2) is 5.17 Å². The second-order valence-corrected chi connectivity index (χ2v) is 5.56. The largest absolute Gasteiger partial charge is 0.493 e. The highest BCUT2D eigenvalue weighted by Gasteiger charge is 2.16. The third-order valence-electron chi connectivity index (χ3n) is 2.29. The quantitative estimate of drug-likeness (QED) is 0.928. The van der Waals surface area contributed by atoms with Gasteiger partial charge in [-0.3, -0.25) is 9.79 Å². The molecule has 96 valence electrons. The molecule has 1 amide bonds. The third-order valence-corrected chi connectivity index (χ3v) is 3.68. The van der Waals surface area contributed by atoms with Gasteiger partial charge in [0, 0.05) is 10.2 Å². The number of thioether (sulfide) groups is 1. The van der Waals surface area contributed by atoms with Crippen molar-refractivity contribution in [2.75, 3.05) is 18.9 Å². The van der Waals surface area contributed by atoms with Crippen LogP contribution in [0.3, 0.4) is 0 Å². The van der Waals surface area contributed by atoms with E-state index in [9.17, 15) is 4.79 Å². The number of amidine groups is 1. The van der Waals surface area contributed by atoms with E-state index in [0.717, 1.165) is 16.8 Å². The van der Waals surface area contributed by atoms with Gasteiger partial charge in [0.1, 0.15) is 5.75 Å². The van der Waals surface area contributed by atoms with Gasteiger partial charge in [-0.15, -0.1) is 0 Å². The lowest BCUT2D eigenvalue weighted by Crippen LogP contribution is -2.27. The molecule has 2 rings (SSSR count). The predicted molar refractivity (Wildman–Crippen MR) is 77.5 cm³/mol. The molecule has 0 aromatic heterocycles. The summed E-state index contributed by atoms with van der Waals surface area (Å²) in [4.78, 5) is 16.3. The number of benzene rings is 1. The van der Waals surface area contributed by atoms with E-state index < -0.39 is 0 Å². The SMILES string of the molecule is CCOc1ccc(Br)cc1C(=O)NC1=NCCS1. The Bertz CT molecular complexity index is 491. The fourth-order valence-corrected chi connectivity index (χ4v) is 2.62. The van der Waals surface area contributed by atoms with Crippen molar-refractivity contribution in [3.05, 3.63) is 28.2 Å². The number of rotatable bonds is 3. The molecule has 0 spiro atoms. The van der Waals surface area contributed by atoms with Crippen LogP contribution in [0.4, 0.5) is 0 Å². The predicted octanol–water partition coefficient (Wildman–Crippen LogP) is 2.68. The molecular weight excluding hydrogens is 316 g/mol. The molecule has 1 heterocycles. The molecule has 0 unspecified atom stereocenters. The number of hydrogen-bond acceptors (Lipinski definition) is 4. The van der Waals surface area contributed by atoms with Crippen LogP contribution in [0.5, 0.6) is 5.75 Å². The maximum absolute atomic E-state index is 12.1. The normalized spacial score (nSPS) is 14.2. The average Bonchev–Trinajstić information content (AvgIpc) is 2.84. The van der Waals surface area contributed by atoms with Gasteiger partial charge in [0.25, 0.3) is 5.91 Å². The Kier molecular flexibility index (Phi) is 4.66. The highest BCUT2D eigenvalue weighted by molar-refractivity contribution is 9.10. The first-order valence-corrected chi connectivity index (χ1v) is 7.39. The Labute approximate surface area is 118 Å². The molecule has 1 aromatic rings. The minimum atomic E-state index is -0.187. The molecule has 0 aliphatic carbocycles. The Balaban J connectivity index is 2.19. The van der Waals surface area contributed by atoms with Crippen molar-refractivity contribution in [3.63, 3.8) is 0 Å². The van der Waals surface area contributed by atoms with E-state index in [1.54, 1.807) is 23.9 Å². The van der Waals surface area contributed by atoms with Crippen LogP contribution >= 0.6 is 27.7 Å². The van der Waals surface area contributed by atoms with Crippen LogP contribution in [-0.2, 0) is 0 Å². The number of nitrogens with zero attached hydrogens (tertiary/aromatic N) is 1. The maximum atomic E-state index is 12.1. The molecule has 0 radical (unpaired) electrons. The molecule has 0 bridgehead atoms. The highest BCUT2D eigenvalue weighted by atomic mass is 79.9. The van der Waals surface area contributed by atoms with Crippen LogP contribution in [0.2, 0.25) is 0 Å². The minimum Gasteiger partial charge on any atom is -0.493 e. The smallest absolute Gasteiger partial charge is 0.261 e. The molecular formula is C12H13BrN2O2S. The van der Waals surface area contributed by atoms with E-state index in [-0.39, 0.29) is 5.91 Å². The summed E-state index contributed by atoms with van der Waals surface area (Å²) in [6.07, 6.45) is 0. The zero-order valence-electron chi connectivity index (χ0n) is 9.90. The molecule has 1 aromatic carbocycles. The lowest BCUT2D eigenvalue weighted by atomic mass is 10.2. The topological polar surface area (TPSA) is 50.7 Å². The standard InChI is InChI=1S/C12H13BrN2O2S/c1-2-17-10-4-3-8(13)7-9(10)11(16)15-12-14-5-6-18-12/h3-4,7H,2,5-6H2,1H3,(H,14,15,16). The summed E-state index contributed by atoms with van der Waals surface area (Å²) in [5, 5.41) is 3.48. The summed E-state index contributed by atoms with van der Waals surface area (Å²) in [6.45, 7) is 3.18. The first kappa shape index (κ1) is 13.4. The minimum absolute atomic E-state index is 0.187. The number of halogens is 1. The molecule has 6 heteroatoms. The first-order valence-electron chi connectivity index (χ1n) is 5.61. The van der Waals surface area contributed by atoms with Crippen molar-refractivity contribution in [2.45, 2.75) is 6.92 Å². The monoisotopic (exact) mass is 328 g/mol. The maximum Gasteiger partial charge on any atom is 0.261 e. The molecule has 1 aliphatic heterocycles. The lowest BCUT2D eigenvalue weighted by Gasteiger charge is -2.10. The number of carbonyl (C=O) groups is 1. The van der Waals surface area contributed by atoms with Crippen molar-refractivity contribution in [1.29, 1.82) is 0 Å². The fourth-order valence-electron chi connectivity index (χ4n) is 1.54. The highest BCUT2D eigenvalue weighted by Crippen LogP contribution is 2.23. The molecule has 1 N–H and O–H groups in total. The van der Waals surface area contributed by atoms with Gasteiger partial charge in [-0.05, 0) is 25.1 Å². The van der Waals surface area contributed by atoms with E-state index in [1.165, 1.54) is 0 Å². The third kappa shape index (κ3) is 3.26. The number of carbonyl (C=O) groups excluding carboxylic acids is 1. The number of hydrogen-bond donors (Lipinski definition) is 1. The van der Waals surface area contributed by atoms with E-state index in [2.05, 4.69) is 26.2 Å². The van der Waals surface area contributed by atoms with Crippen molar-refractivity contribution >= 4 is 38.8 Å². The number of ether oxygens (including phenoxy) is 1. The van der Waals surface area contributed by atoms with Gasteiger partial charge in [0.05, 0.1) is 18.7 Å². The van der Waals surface area contributed by atoms with Gasteiger partial charge < -0.3 is 10.1 Å². The summed E-state index contributed by atoms with van der Waals surface area (Å²) in [5.74, 6) is 1.32. The van der Waals surface area contributed by atoms with Crippen LogP contribution in [-0.4, -0.2) is 30.0 Å². The molecule has 18 heavy (non-hydrogen) atoms. The number of aliphatic imine (C=N–C) groups is 1. The van der Waals surface area contributed by atoms with Crippen LogP contribution in [0.25, 0.3) is 0 Å². The summed E-state index contributed by atoms with van der Waals surface area (Å²) < 4.78 is 6.29. The number of amides is 1. The van der Waals surface area contributed by atoms with Gasteiger partial charge in [-0.25, -0.2) is 0 Å². The van der Waals surface area contributed by atoms with Crippen molar-refractivity contribution in [3.8, 4) is 5.75 Å². The van der Waals surface area contributed by atoms with Crippen molar-refractivity contribution < 1.29 is 9.53 Å². The Morgan fingerprint density at radius 3 is 3.11 bits per heavy atom. The second-order valence-electron chi connectivity index (χ2n) is 3.56.